The number of carbonyl (C=O) groups is 1. The Balaban J connectivity index is 2.38. The van der Waals surface area contributed by atoms with Crippen LogP contribution in [0.3, 0.4) is 0 Å². The van der Waals surface area contributed by atoms with Gasteiger partial charge in [0.05, 0.1) is 0 Å². The summed E-state index contributed by atoms with van der Waals surface area (Å²) >= 11 is 0. The zero-order valence-corrected chi connectivity index (χ0v) is 8.99. The molecule has 80 valence electrons. The van der Waals surface area contributed by atoms with Gasteiger partial charge in [-0.15, -0.1) is 0 Å². The van der Waals surface area contributed by atoms with E-state index in [4.69, 9.17) is 5.73 Å². The highest BCUT2D eigenvalue weighted by atomic mass is 16.2. The first-order valence-electron chi connectivity index (χ1n) is 5.32. The average molecular weight is 204 g/mol. The van der Waals surface area contributed by atoms with Crippen molar-refractivity contribution in [3.05, 3.63) is 29.3 Å². The first-order valence-corrected chi connectivity index (χ1v) is 5.32. The number of hydrogen-bond donors (Lipinski definition) is 1. The molecule has 0 saturated carbocycles. The predicted octanol–water partition coefficient (Wildman–Crippen LogP) is 1.58. The Morgan fingerprint density at radius 3 is 2.87 bits per heavy atom. The van der Waals surface area contributed by atoms with Crippen LogP contribution in [0.5, 0.6) is 0 Å². The van der Waals surface area contributed by atoms with Gasteiger partial charge in [0.25, 0.3) is 0 Å². The second kappa shape index (κ2) is 4.03. The number of nitrogens with two attached hydrogens (primary N) is 1. The van der Waals surface area contributed by atoms with Crippen LogP contribution in [0.15, 0.2) is 18.2 Å². The molecule has 2 rings (SSSR count). The second-order valence-corrected chi connectivity index (χ2v) is 3.99. The largest absolute Gasteiger partial charge is 0.326 e. The molecule has 0 aliphatic carbocycles. The molecule has 0 unspecified atom stereocenters. The van der Waals surface area contributed by atoms with Gasteiger partial charge in [-0.05, 0) is 25.0 Å². The molecule has 1 heterocycles. The lowest BCUT2D eigenvalue weighted by molar-refractivity contribution is -0.117. The predicted molar refractivity (Wildman–Crippen MR) is 60.7 cm³/mol. The van der Waals surface area contributed by atoms with Crippen LogP contribution in [0, 0.1) is 6.92 Å². The molecule has 2 N–H and O–H groups in total. The standard InChI is InChI=1S/C12H16N2O/c1-9-4-5-11(10(7-9)8-13)14-6-2-3-12(14)15/h4-5,7H,2-3,6,8,13H2,1H3. The zero-order chi connectivity index (χ0) is 10.8. The Labute approximate surface area is 89.9 Å². The fourth-order valence-electron chi connectivity index (χ4n) is 2.04. The lowest BCUT2D eigenvalue weighted by atomic mass is 10.1. The topological polar surface area (TPSA) is 46.3 Å². The summed E-state index contributed by atoms with van der Waals surface area (Å²) in [5.74, 6) is 0.216. The number of anilines is 1. The van der Waals surface area contributed by atoms with Gasteiger partial charge in [0.2, 0.25) is 5.91 Å². The van der Waals surface area contributed by atoms with E-state index in [1.165, 1.54) is 5.56 Å². The van der Waals surface area contributed by atoms with Gasteiger partial charge in [-0.3, -0.25) is 4.79 Å². The first-order chi connectivity index (χ1) is 7.22. The van der Waals surface area contributed by atoms with E-state index in [2.05, 4.69) is 6.07 Å². The number of hydrogen-bond acceptors (Lipinski definition) is 2. The number of rotatable bonds is 2. The van der Waals surface area contributed by atoms with Crippen molar-refractivity contribution in [3.63, 3.8) is 0 Å². The van der Waals surface area contributed by atoms with Gasteiger partial charge in [0.1, 0.15) is 0 Å². The molecule has 0 spiro atoms. The molecular weight excluding hydrogens is 188 g/mol. The van der Waals surface area contributed by atoms with Gasteiger partial charge >= 0.3 is 0 Å². The number of aryl methyl sites for hydroxylation is 1. The molecule has 1 aromatic carbocycles. The summed E-state index contributed by atoms with van der Waals surface area (Å²) in [5.41, 5.74) is 8.93. The third-order valence-corrected chi connectivity index (χ3v) is 2.82. The monoisotopic (exact) mass is 204 g/mol. The van der Waals surface area contributed by atoms with Gasteiger partial charge in [0, 0.05) is 25.2 Å². The summed E-state index contributed by atoms with van der Waals surface area (Å²) in [6, 6.07) is 6.09. The summed E-state index contributed by atoms with van der Waals surface area (Å²) in [5, 5.41) is 0. The van der Waals surface area contributed by atoms with Gasteiger partial charge < -0.3 is 10.6 Å². The maximum atomic E-state index is 11.6. The van der Waals surface area contributed by atoms with Crippen molar-refractivity contribution in [1.29, 1.82) is 0 Å². The Kier molecular flexibility index (Phi) is 2.73. The maximum absolute atomic E-state index is 11.6. The Hall–Kier alpha value is -1.35. The molecule has 0 atom stereocenters. The van der Waals surface area contributed by atoms with E-state index >= 15 is 0 Å². The van der Waals surface area contributed by atoms with Crippen molar-refractivity contribution in [3.8, 4) is 0 Å². The highest BCUT2D eigenvalue weighted by Crippen LogP contribution is 2.25. The van der Waals surface area contributed by atoms with Crippen LogP contribution in [-0.2, 0) is 11.3 Å². The van der Waals surface area contributed by atoms with E-state index in [1.54, 1.807) is 0 Å². The lowest BCUT2D eigenvalue weighted by Crippen LogP contribution is -2.25. The summed E-state index contributed by atoms with van der Waals surface area (Å²) in [6.45, 7) is 3.35. The first kappa shape index (κ1) is 10.2. The molecular formula is C12H16N2O. The van der Waals surface area contributed by atoms with Crippen LogP contribution in [0.1, 0.15) is 24.0 Å². The molecule has 0 aromatic heterocycles. The lowest BCUT2D eigenvalue weighted by Gasteiger charge is -2.19. The summed E-state index contributed by atoms with van der Waals surface area (Å²) < 4.78 is 0. The van der Waals surface area contributed by atoms with Crippen LogP contribution in [0.2, 0.25) is 0 Å². The highest BCUT2D eigenvalue weighted by molar-refractivity contribution is 5.96. The minimum atomic E-state index is 0.216. The maximum Gasteiger partial charge on any atom is 0.227 e. The van der Waals surface area contributed by atoms with E-state index in [9.17, 15) is 4.79 Å². The number of carbonyl (C=O) groups excluding carboxylic acids is 1. The fourth-order valence-corrected chi connectivity index (χ4v) is 2.04. The molecule has 1 saturated heterocycles. The van der Waals surface area contributed by atoms with E-state index in [1.807, 2.05) is 24.0 Å². The van der Waals surface area contributed by atoms with Crippen LogP contribution in [-0.4, -0.2) is 12.5 Å². The summed E-state index contributed by atoms with van der Waals surface area (Å²) in [6.07, 6.45) is 1.62. The molecule has 15 heavy (non-hydrogen) atoms. The van der Waals surface area contributed by atoms with Crippen molar-refractivity contribution in [2.45, 2.75) is 26.3 Å². The molecule has 0 radical (unpaired) electrons. The molecule has 1 amide bonds. The van der Waals surface area contributed by atoms with Gasteiger partial charge in [-0.2, -0.15) is 0 Å². The van der Waals surface area contributed by atoms with Gasteiger partial charge in [-0.1, -0.05) is 17.7 Å². The zero-order valence-electron chi connectivity index (χ0n) is 8.99. The van der Waals surface area contributed by atoms with Crippen molar-refractivity contribution in [2.24, 2.45) is 5.73 Å². The van der Waals surface area contributed by atoms with Crippen LogP contribution < -0.4 is 10.6 Å². The number of nitrogens with zero attached hydrogens (tertiary/aromatic N) is 1. The Morgan fingerprint density at radius 1 is 1.47 bits per heavy atom. The molecule has 1 fully saturated rings. The third-order valence-electron chi connectivity index (χ3n) is 2.82. The average Bonchev–Trinajstić information content (AvgIpc) is 2.64. The van der Waals surface area contributed by atoms with Crippen molar-refractivity contribution >= 4 is 11.6 Å². The van der Waals surface area contributed by atoms with E-state index in [0.29, 0.717) is 13.0 Å². The Morgan fingerprint density at radius 2 is 2.27 bits per heavy atom. The van der Waals surface area contributed by atoms with E-state index in [-0.39, 0.29) is 5.91 Å². The van der Waals surface area contributed by atoms with Gasteiger partial charge in [0.15, 0.2) is 0 Å². The summed E-state index contributed by atoms with van der Waals surface area (Å²) in [4.78, 5) is 13.5. The van der Waals surface area contributed by atoms with Crippen LogP contribution >= 0.6 is 0 Å². The van der Waals surface area contributed by atoms with Crippen LogP contribution in [0.25, 0.3) is 0 Å². The van der Waals surface area contributed by atoms with Crippen LogP contribution in [0.4, 0.5) is 5.69 Å². The molecule has 1 aliphatic rings. The Bertz CT molecular complexity index is 387. The van der Waals surface area contributed by atoms with Crippen molar-refractivity contribution in [1.82, 2.24) is 0 Å². The molecule has 1 aromatic rings. The molecule has 0 bridgehead atoms. The van der Waals surface area contributed by atoms with Crippen molar-refractivity contribution < 1.29 is 4.79 Å². The fraction of sp³-hybridized carbons (Fsp3) is 0.417. The minimum Gasteiger partial charge on any atom is -0.326 e. The van der Waals surface area contributed by atoms with Crippen molar-refractivity contribution in [2.75, 3.05) is 11.4 Å². The smallest absolute Gasteiger partial charge is 0.227 e. The molecule has 1 aliphatic heterocycles. The number of benzene rings is 1. The molecule has 3 heteroatoms. The quantitative estimate of drug-likeness (QED) is 0.795. The normalized spacial score (nSPS) is 16.1. The SMILES string of the molecule is Cc1ccc(N2CCCC2=O)c(CN)c1. The second-order valence-electron chi connectivity index (χ2n) is 3.99. The van der Waals surface area contributed by atoms with E-state index < -0.39 is 0 Å². The van der Waals surface area contributed by atoms with Gasteiger partial charge in [-0.25, -0.2) is 0 Å². The summed E-state index contributed by atoms with van der Waals surface area (Å²) in [7, 11) is 0. The minimum absolute atomic E-state index is 0.216. The van der Waals surface area contributed by atoms with E-state index in [0.717, 1.165) is 24.2 Å². The third kappa shape index (κ3) is 1.88. The molecule has 3 nitrogen and oxygen atoms in total. The highest BCUT2D eigenvalue weighted by Gasteiger charge is 2.23. The number of amides is 1.